The summed E-state index contributed by atoms with van der Waals surface area (Å²) in [5.41, 5.74) is 3.57. The average molecular weight is 341 g/mol. The third-order valence-corrected chi connectivity index (χ3v) is 3.30. The summed E-state index contributed by atoms with van der Waals surface area (Å²) in [5.74, 6) is -0.732. The molecular formula is C18H19N3O4. The van der Waals surface area contributed by atoms with Gasteiger partial charge < -0.3 is 15.2 Å². The number of hydrogen-bond donors (Lipinski definition) is 3. The van der Waals surface area contributed by atoms with E-state index in [4.69, 9.17) is 4.74 Å². The van der Waals surface area contributed by atoms with Gasteiger partial charge in [0.15, 0.2) is 11.5 Å². The first-order chi connectivity index (χ1) is 12.1. The lowest BCUT2D eigenvalue weighted by atomic mass is 10.2. The van der Waals surface area contributed by atoms with Crippen molar-refractivity contribution in [2.45, 2.75) is 13.0 Å². The van der Waals surface area contributed by atoms with Gasteiger partial charge in [0.05, 0.1) is 13.3 Å². The van der Waals surface area contributed by atoms with Crippen molar-refractivity contribution in [3.05, 3.63) is 59.7 Å². The number of methoxy groups -OCH3 is 1. The lowest BCUT2D eigenvalue weighted by Crippen LogP contribution is -2.29. The predicted octanol–water partition coefficient (Wildman–Crippen LogP) is 1.56. The van der Waals surface area contributed by atoms with E-state index in [-0.39, 0.29) is 12.2 Å². The second-order valence-electron chi connectivity index (χ2n) is 5.13. The van der Waals surface area contributed by atoms with Crippen LogP contribution in [0, 0.1) is 0 Å². The second kappa shape index (κ2) is 9.07. The summed E-state index contributed by atoms with van der Waals surface area (Å²) in [4.78, 5) is 23.4. The van der Waals surface area contributed by atoms with Crippen LogP contribution >= 0.6 is 0 Å². The van der Waals surface area contributed by atoms with Crippen molar-refractivity contribution in [2.24, 2.45) is 5.10 Å². The first kappa shape index (κ1) is 18.0. The normalized spacial score (nSPS) is 10.4. The van der Waals surface area contributed by atoms with Gasteiger partial charge in [0.1, 0.15) is 6.42 Å². The SMILES string of the molecule is COc1cccc(/C=N/NC(=O)CC(=O)NCc2ccccc2)c1O. The van der Waals surface area contributed by atoms with Gasteiger partial charge in [-0.1, -0.05) is 36.4 Å². The van der Waals surface area contributed by atoms with E-state index in [2.05, 4.69) is 15.8 Å². The van der Waals surface area contributed by atoms with Crippen LogP contribution in [-0.2, 0) is 16.1 Å². The van der Waals surface area contributed by atoms with E-state index in [0.717, 1.165) is 5.56 Å². The number of hydrazone groups is 1. The average Bonchev–Trinajstić information content (AvgIpc) is 2.62. The molecular weight excluding hydrogens is 322 g/mol. The number of benzene rings is 2. The fourth-order valence-corrected chi connectivity index (χ4v) is 2.03. The quantitative estimate of drug-likeness (QED) is 0.404. The number of nitrogens with one attached hydrogen (secondary N) is 2. The molecule has 2 amide bonds. The molecule has 7 heteroatoms. The van der Waals surface area contributed by atoms with Crippen LogP contribution in [0.4, 0.5) is 0 Å². The van der Waals surface area contributed by atoms with Gasteiger partial charge in [-0.05, 0) is 17.7 Å². The van der Waals surface area contributed by atoms with Gasteiger partial charge in [-0.3, -0.25) is 9.59 Å². The van der Waals surface area contributed by atoms with Crippen molar-refractivity contribution in [1.29, 1.82) is 0 Å². The third kappa shape index (κ3) is 5.65. The molecule has 0 aromatic heterocycles. The van der Waals surface area contributed by atoms with Crippen LogP contribution in [0.2, 0.25) is 0 Å². The highest BCUT2D eigenvalue weighted by Crippen LogP contribution is 2.27. The van der Waals surface area contributed by atoms with Crippen molar-refractivity contribution in [3.8, 4) is 11.5 Å². The molecule has 0 unspecified atom stereocenters. The molecule has 0 radical (unpaired) electrons. The Kier molecular flexibility index (Phi) is 6.53. The Morgan fingerprint density at radius 2 is 1.88 bits per heavy atom. The molecule has 0 bridgehead atoms. The van der Waals surface area contributed by atoms with E-state index < -0.39 is 11.8 Å². The minimum Gasteiger partial charge on any atom is -0.504 e. The molecule has 0 saturated carbocycles. The first-order valence-corrected chi connectivity index (χ1v) is 7.58. The Morgan fingerprint density at radius 1 is 1.12 bits per heavy atom. The van der Waals surface area contributed by atoms with Crippen LogP contribution in [0.15, 0.2) is 53.6 Å². The molecule has 0 aliphatic carbocycles. The van der Waals surface area contributed by atoms with Gasteiger partial charge in [-0.25, -0.2) is 5.43 Å². The molecule has 2 rings (SSSR count). The number of carbonyl (C=O) groups excluding carboxylic acids is 2. The van der Waals surface area contributed by atoms with Crippen molar-refractivity contribution in [3.63, 3.8) is 0 Å². The van der Waals surface area contributed by atoms with Gasteiger partial charge in [0, 0.05) is 12.1 Å². The van der Waals surface area contributed by atoms with E-state index in [1.807, 2.05) is 30.3 Å². The molecule has 0 fully saturated rings. The van der Waals surface area contributed by atoms with Crippen LogP contribution in [0.1, 0.15) is 17.5 Å². The summed E-state index contributed by atoms with van der Waals surface area (Å²) in [6, 6.07) is 14.3. The Hall–Kier alpha value is -3.35. The molecule has 3 N–H and O–H groups in total. The molecule has 2 aromatic rings. The van der Waals surface area contributed by atoms with Crippen LogP contribution in [-0.4, -0.2) is 30.2 Å². The number of carbonyl (C=O) groups is 2. The summed E-state index contributed by atoms with van der Waals surface area (Å²) in [7, 11) is 1.44. The van der Waals surface area contributed by atoms with E-state index in [0.29, 0.717) is 17.9 Å². The third-order valence-electron chi connectivity index (χ3n) is 3.30. The zero-order valence-electron chi connectivity index (χ0n) is 13.7. The number of phenolic OH excluding ortho intramolecular Hbond substituents is 1. The molecule has 0 saturated heterocycles. The minimum atomic E-state index is -0.552. The number of hydrogen-bond acceptors (Lipinski definition) is 5. The maximum atomic E-state index is 11.7. The highest BCUT2D eigenvalue weighted by molar-refractivity contribution is 5.97. The van der Waals surface area contributed by atoms with Crippen LogP contribution in [0.5, 0.6) is 11.5 Å². The van der Waals surface area contributed by atoms with Gasteiger partial charge in [-0.15, -0.1) is 0 Å². The number of rotatable bonds is 7. The van der Waals surface area contributed by atoms with E-state index in [9.17, 15) is 14.7 Å². The molecule has 0 aliphatic heterocycles. The van der Waals surface area contributed by atoms with Gasteiger partial charge >= 0.3 is 0 Å². The number of phenols is 1. The van der Waals surface area contributed by atoms with Crippen molar-refractivity contribution < 1.29 is 19.4 Å². The number of nitrogens with zero attached hydrogens (tertiary/aromatic N) is 1. The molecule has 0 aliphatic rings. The molecule has 130 valence electrons. The Labute approximate surface area is 145 Å². The van der Waals surface area contributed by atoms with Crippen LogP contribution < -0.4 is 15.5 Å². The lowest BCUT2D eigenvalue weighted by Gasteiger charge is -2.05. The standard InChI is InChI=1S/C18H19N3O4/c1-25-15-9-5-8-14(18(15)24)12-20-21-17(23)10-16(22)19-11-13-6-3-2-4-7-13/h2-9,12,24H,10-11H2,1H3,(H,19,22)(H,21,23)/b20-12+. The van der Waals surface area contributed by atoms with Crippen molar-refractivity contribution >= 4 is 18.0 Å². The van der Waals surface area contributed by atoms with Crippen molar-refractivity contribution in [1.82, 2.24) is 10.7 Å². The zero-order chi connectivity index (χ0) is 18.1. The smallest absolute Gasteiger partial charge is 0.249 e. The fourth-order valence-electron chi connectivity index (χ4n) is 2.03. The first-order valence-electron chi connectivity index (χ1n) is 7.58. The Morgan fingerprint density at radius 3 is 2.60 bits per heavy atom. The molecule has 7 nitrogen and oxygen atoms in total. The largest absolute Gasteiger partial charge is 0.504 e. The number of ether oxygens (including phenoxy) is 1. The van der Waals surface area contributed by atoms with Gasteiger partial charge in [0.25, 0.3) is 0 Å². The molecule has 0 heterocycles. The van der Waals surface area contributed by atoms with Gasteiger partial charge in [0.2, 0.25) is 11.8 Å². The summed E-state index contributed by atoms with van der Waals surface area (Å²) in [6.07, 6.45) is 0.936. The molecule has 2 aromatic carbocycles. The Bertz CT molecular complexity index is 760. The summed E-state index contributed by atoms with van der Waals surface area (Å²) >= 11 is 0. The lowest BCUT2D eigenvalue weighted by molar-refractivity contribution is -0.129. The molecule has 0 spiro atoms. The van der Waals surface area contributed by atoms with Crippen molar-refractivity contribution in [2.75, 3.05) is 7.11 Å². The second-order valence-corrected chi connectivity index (χ2v) is 5.13. The number of aromatic hydroxyl groups is 1. The predicted molar refractivity (Wildman–Crippen MR) is 93.3 cm³/mol. The maximum absolute atomic E-state index is 11.7. The minimum absolute atomic E-state index is 0.0800. The highest BCUT2D eigenvalue weighted by atomic mass is 16.5. The van der Waals surface area contributed by atoms with Gasteiger partial charge in [-0.2, -0.15) is 5.10 Å². The monoisotopic (exact) mass is 341 g/mol. The zero-order valence-corrected chi connectivity index (χ0v) is 13.7. The van der Waals surface area contributed by atoms with E-state index in [1.165, 1.54) is 13.3 Å². The highest BCUT2D eigenvalue weighted by Gasteiger charge is 2.09. The molecule has 0 atom stereocenters. The topological polar surface area (TPSA) is 100 Å². The molecule has 25 heavy (non-hydrogen) atoms. The van der Waals surface area contributed by atoms with E-state index >= 15 is 0 Å². The van der Waals surface area contributed by atoms with E-state index in [1.54, 1.807) is 18.2 Å². The summed E-state index contributed by atoms with van der Waals surface area (Å²) in [6.45, 7) is 0.355. The fraction of sp³-hybridized carbons (Fsp3) is 0.167. The number of amides is 2. The van der Waals surface area contributed by atoms with Crippen LogP contribution in [0.3, 0.4) is 0 Å². The summed E-state index contributed by atoms with van der Waals surface area (Å²) < 4.78 is 4.98. The summed E-state index contributed by atoms with van der Waals surface area (Å²) in [5, 5.41) is 16.3. The maximum Gasteiger partial charge on any atom is 0.249 e. The Balaban J connectivity index is 1.79. The van der Waals surface area contributed by atoms with Crippen LogP contribution in [0.25, 0.3) is 0 Å². The number of para-hydroxylation sites is 1.